The third-order valence-corrected chi connectivity index (χ3v) is 3.68. The van der Waals surface area contributed by atoms with Gasteiger partial charge < -0.3 is 10.0 Å². The number of rotatable bonds is 4. The quantitative estimate of drug-likeness (QED) is 0.829. The van der Waals surface area contributed by atoms with E-state index in [1.54, 1.807) is 12.6 Å². The van der Waals surface area contributed by atoms with E-state index in [9.17, 15) is 4.39 Å². The average molecular weight is 269 g/mol. The molecule has 0 saturated heterocycles. The fourth-order valence-electron chi connectivity index (χ4n) is 1.37. The minimum absolute atomic E-state index is 0.243. The largest absolute Gasteiger partial charge is 0.388 e. The maximum atomic E-state index is 13.7. The van der Waals surface area contributed by atoms with Gasteiger partial charge in [-0.2, -0.15) is 0 Å². The van der Waals surface area contributed by atoms with Crippen molar-refractivity contribution < 1.29 is 4.39 Å². The molecule has 90 valence electrons. The number of thiazole rings is 1. The van der Waals surface area contributed by atoms with E-state index >= 15 is 0 Å². The highest BCUT2D eigenvalue weighted by atomic mass is 32.2. The predicted molar refractivity (Wildman–Crippen MR) is 72.3 cm³/mol. The zero-order chi connectivity index (χ0) is 12.3. The number of aromatic nitrogens is 1. The van der Waals surface area contributed by atoms with Gasteiger partial charge in [0.2, 0.25) is 0 Å². The summed E-state index contributed by atoms with van der Waals surface area (Å²) in [6.07, 6.45) is 0. The molecule has 0 amide bonds. The molecule has 2 N–H and O–H groups in total. The second kappa shape index (κ2) is 5.37. The molecule has 0 aliphatic rings. The Hall–Kier alpha value is -1.27. The van der Waals surface area contributed by atoms with Crippen molar-refractivity contribution in [3.63, 3.8) is 0 Å². The van der Waals surface area contributed by atoms with Crippen molar-refractivity contribution in [2.24, 2.45) is 0 Å². The Labute approximate surface area is 108 Å². The van der Waals surface area contributed by atoms with Crippen molar-refractivity contribution in [2.75, 3.05) is 17.1 Å². The van der Waals surface area contributed by atoms with Crippen LogP contribution in [0.15, 0.2) is 27.9 Å². The van der Waals surface area contributed by atoms with Crippen LogP contribution in [0.5, 0.6) is 0 Å². The lowest BCUT2D eigenvalue weighted by molar-refractivity contribution is 0.602. The molecule has 17 heavy (non-hydrogen) atoms. The van der Waals surface area contributed by atoms with E-state index < -0.39 is 0 Å². The van der Waals surface area contributed by atoms with Crippen LogP contribution in [0.4, 0.5) is 15.9 Å². The van der Waals surface area contributed by atoms with Crippen LogP contribution in [0.1, 0.15) is 5.56 Å². The third kappa shape index (κ3) is 2.89. The first kappa shape index (κ1) is 12.2. The Morgan fingerprint density at radius 1 is 1.41 bits per heavy atom. The summed E-state index contributed by atoms with van der Waals surface area (Å²) < 4.78 is 16.7. The maximum Gasteiger partial charge on any atom is 0.147 e. The van der Waals surface area contributed by atoms with Crippen LogP contribution in [-0.2, 0) is 0 Å². The molecule has 3 nitrogen and oxygen atoms in total. The van der Waals surface area contributed by atoms with Gasteiger partial charge in [-0.15, -0.1) is 11.3 Å². The molecule has 0 spiro atoms. The summed E-state index contributed by atoms with van der Waals surface area (Å²) in [4.78, 5) is 4.63. The molecule has 0 saturated carbocycles. The summed E-state index contributed by atoms with van der Waals surface area (Å²) >= 11 is 2.73. The van der Waals surface area contributed by atoms with Crippen molar-refractivity contribution in [3.05, 3.63) is 34.4 Å². The molecule has 0 radical (unpaired) electrons. The van der Waals surface area contributed by atoms with Gasteiger partial charge in [0.1, 0.15) is 11.6 Å². The molecule has 0 bridgehead atoms. The molecule has 1 aromatic carbocycles. The average Bonchev–Trinajstić information content (AvgIpc) is 2.82. The number of halogens is 1. The Balaban J connectivity index is 2.13. The van der Waals surface area contributed by atoms with Crippen molar-refractivity contribution in [3.8, 4) is 0 Å². The fraction of sp³-hybridized carbons (Fsp3) is 0.182. The highest BCUT2D eigenvalue weighted by Crippen LogP contribution is 2.28. The maximum absolute atomic E-state index is 13.7. The van der Waals surface area contributed by atoms with Gasteiger partial charge in [-0.3, -0.25) is 0 Å². The summed E-state index contributed by atoms with van der Waals surface area (Å²) in [5, 5.41) is 4.83. The van der Waals surface area contributed by atoms with E-state index in [0.29, 0.717) is 4.90 Å². The standard InChI is InChI=1S/C11H12FN3S2/c1-7-3-10(8(12)4-9(7)13-2)17-15-11-5-16-6-14-11/h3-6,13,15H,1-2H3. The molecular weight excluding hydrogens is 257 g/mol. The number of hydrogen-bond donors (Lipinski definition) is 2. The number of aryl methyl sites for hydroxylation is 1. The smallest absolute Gasteiger partial charge is 0.147 e. The lowest BCUT2D eigenvalue weighted by atomic mass is 10.2. The number of nitrogens with zero attached hydrogens (tertiary/aromatic N) is 1. The summed E-state index contributed by atoms with van der Waals surface area (Å²) in [6, 6.07) is 3.31. The van der Waals surface area contributed by atoms with E-state index in [-0.39, 0.29) is 5.82 Å². The first-order valence-electron chi connectivity index (χ1n) is 4.99. The van der Waals surface area contributed by atoms with Gasteiger partial charge in [0.15, 0.2) is 0 Å². The van der Waals surface area contributed by atoms with E-state index in [1.165, 1.54) is 29.4 Å². The normalized spacial score (nSPS) is 10.3. The summed E-state index contributed by atoms with van der Waals surface area (Å²) in [5.41, 5.74) is 3.55. The summed E-state index contributed by atoms with van der Waals surface area (Å²) in [7, 11) is 1.78. The van der Waals surface area contributed by atoms with Crippen LogP contribution < -0.4 is 10.0 Å². The third-order valence-electron chi connectivity index (χ3n) is 2.25. The van der Waals surface area contributed by atoms with E-state index in [2.05, 4.69) is 15.0 Å². The van der Waals surface area contributed by atoms with E-state index in [4.69, 9.17) is 0 Å². The first-order chi connectivity index (χ1) is 8.20. The monoisotopic (exact) mass is 269 g/mol. The van der Waals surface area contributed by atoms with Crippen LogP contribution >= 0.6 is 23.3 Å². The Morgan fingerprint density at radius 3 is 2.88 bits per heavy atom. The second-order valence-corrected chi connectivity index (χ2v) is 4.99. The number of anilines is 2. The number of benzene rings is 1. The summed E-state index contributed by atoms with van der Waals surface area (Å²) in [6.45, 7) is 1.94. The molecule has 1 heterocycles. The minimum Gasteiger partial charge on any atom is -0.388 e. The molecule has 2 rings (SSSR count). The van der Waals surface area contributed by atoms with E-state index in [1.807, 2.05) is 18.4 Å². The zero-order valence-electron chi connectivity index (χ0n) is 9.45. The van der Waals surface area contributed by atoms with Gasteiger partial charge in [-0.25, -0.2) is 9.37 Å². The fourth-order valence-corrected chi connectivity index (χ4v) is 2.65. The molecule has 1 aromatic heterocycles. The van der Waals surface area contributed by atoms with Gasteiger partial charge in [-0.05, 0) is 36.6 Å². The zero-order valence-corrected chi connectivity index (χ0v) is 11.1. The SMILES string of the molecule is CNc1cc(F)c(SNc2cscn2)cc1C. The molecule has 0 aliphatic heterocycles. The van der Waals surface area contributed by atoms with Crippen molar-refractivity contribution in [2.45, 2.75) is 11.8 Å². The van der Waals surface area contributed by atoms with Gasteiger partial charge >= 0.3 is 0 Å². The highest BCUT2D eigenvalue weighted by molar-refractivity contribution is 8.00. The predicted octanol–water partition coefficient (Wildman–Crippen LogP) is 3.75. The van der Waals surface area contributed by atoms with Crippen LogP contribution in [0.2, 0.25) is 0 Å². The minimum atomic E-state index is -0.243. The van der Waals surface area contributed by atoms with Gasteiger partial charge in [0, 0.05) is 18.1 Å². The Morgan fingerprint density at radius 2 is 2.24 bits per heavy atom. The van der Waals surface area contributed by atoms with Crippen molar-refractivity contribution in [1.82, 2.24) is 4.98 Å². The second-order valence-electron chi connectivity index (χ2n) is 3.43. The van der Waals surface area contributed by atoms with Crippen LogP contribution in [0, 0.1) is 12.7 Å². The number of hydrogen-bond acceptors (Lipinski definition) is 5. The lowest BCUT2D eigenvalue weighted by Gasteiger charge is -2.09. The van der Waals surface area contributed by atoms with Gasteiger partial charge in [-0.1, -0.05) is 0 Å². The topological polar surface area (TPSA) is 37.0 Å². The molecular formula is C11H12FN3S2. The van der Waals surface area contributed by atoms with Gasteiger partial charge in [0.05, 0.1) is 10.4 Å². The van der Waals surface area contributed by atoms with Gasteiger partial charge in [0.25, 0.3) is 0 Å². The molecule has 2 aromatic rings. The molecule has 6 heteroatoms. The highest BCUT2D eigenvalue weighted by Gasteiger charge is 2.07. The van der Waals surface area contributed by atoms with Crippen LogP contribution in [-0.4, -0.2) is 12.0 Å². The number of nitrogens with one attached hydrogen (secondary N) is 2. The molecule has 0 aliphatic carbocycles. The van der Waals surface area contributed by atoms with Crippen LogP contribution in [0.25, 0.3) is 0 Å². The summed E-state index contributed by atoms with van der Waals surface area (Å²) in [5.74, 6) is 0.502. The lowest BCUT2D eigenvalue weighted by Crippen LogP contribution is -1.96. The van der Waals surface area contributed by atoms with Crippen molar-refractivity contribution in [1.29, 1.82) is 0 Å². The Bertz CT molecular complexity index is 500. The Kier molecular flexibility index (Phi) is 3.86. The molecule has 0 unspecified atom stereocenters. The van der Waals surface area contributed by atoms with Crippen LogP contribution in [0.3, 0.4) is 0 Å². The van der Waals surface area contributed by atoms with E-state index in [0.717, 1.165) is 17.1 Å². The van der Waals surface area contributed by atoms with Crippen molar-refractivity contribution >= 4 is 34.8 Å². The molecule has 0 fully saturated rings. The molecule has 0 atom stereocenters. The first-order valence-corrected chi connectivity index (χ1v) is 6.75.